The van der Waals surface area contributed by atoms with Crippen molar-refractivity contribution in [1.29, 1.82) is 0 Å². The monoisotopic (exact) mass is 395 g/mol. The molecule has 28 heavy (non-hydrogen) atoms. The maximum absolute atomic E-state index is 12.6. The van der Waals surface area contributed by atoms with Crippen LogP contribution in [0.4, 0.5) is 5.13 Å². The second-order valence-corrected chi connectivity index (χ2v) is 7.96. The minimum absolute atomic E-state index is 0.0355. The molecule has 1 aliphatic rings. The van der Waals surface area contributed by atoms with E-state index in [9.17, 15) is 9.59 Å². The van der Waals surface area contributed by atoms with Gasteiger partial charge in [0, 0.05) is 23.9 Å². The average molecular weight is 395 g/mol. The summed E-state index contributed by atoms with van der Waals surface area (Å²) in [6.45, 7) is 4.89. The number of benzene rings is 1. The van der Waals surface area contributed by atoms with Crippen molar-refractivity contribution in [2.45, 2.75) is 26.8 Å². The summed E-state index contributed by atoms with van der Waals surface area (Å²) in [5.74, 6) is 0.131. The Kier molecular flexibility index (Phi) is 5.00. The van der Waals surface area contributed by atoms with E-state index in [0.29, 0.717) is 24.0 Å². The highest BCUT2D eigenvalue weighted by Gasteiger charge is 2.35. The van der Waals surface area contributed by atoms with Crippen LogP contribution in [0.25, 0.3) is 11.3 Å². The Bertz CT molecular complexity index is 1010. The van der Waals surface area contributed by atoms with Crippen LogP contribution in [0, 0.1) is 19.8 Å². The van der Waals surface area contributed by atoms with Gasteiger partial charge in [-0.1, -0.05) is 23.8 Å². The molecule has 0 bridgehead atoms. The second-order valence-electron chi connectivity index (χ2n) is 7.10. The first-order valence-corrected chi connectivity index (χ1v) is 10.0. The lowest BCUT2D eigenvalue weighted by molar-refractivity contribution is -0.128. The van der Waals surface area contributed by atoms with Crippen molar-refractivity contribution in [2.75, 3.05) is 11.9 Å². The van der Waals surface area contributed by atoms with E-state index in [0.717, 1.165) is 16.8 Å². The van der Waals surface area contributed by atoms with E-state index in [2.05, 4.69) is 36.3 Å². The molecule has 7 heteroatoms. The number of hydrogen-bond donors (Lipinski definition) is 1. The van der Waals surface area contributed by atoms with Crippen LogP contribution < -0.4 is 5.32 Å². The Labute approximate surface area is 167 Å². The average Bonchev–Trinajstić information content (AvgIpc) is 3.38. The van der Waals surface area contributed by atoms with Crippen LogP contribution in [0.5, 0.6) is 0 Å². The van der Waals surface area contributed by atoms with Gasteiger partial charge in [0.25, 0.3) is 0 Å². The number of thiazole rings is 1. The quantitative estimate of drug-likeness (QED) is 0.708. The first-order chi connectivity index (χ1) is 13.5. The van der Waals surface area contributed by atoms with Gasteiger partial charge in [-0.25, -0.2) is 4.98 Å². The molecule has 1 aromatic carbocycles. The predicted octanol–water partition coefficient (Wildman–Crippen LogP) is 4.01. The van der Waals surface area contributed by atoms with E-state index in [4.69, 9.17) is 4.42 Å². The lowest BCUT2D eigenvalue weighted by Gasteiger charge is -2.14. The maximum atomic E-state index is 12.6. The smallest absolute Gasteiger partial charge is 0.231 e. The van der Waals surface area contributed by atoms with E-state index < -0.39 is 0 Å². The van der Waals surface area contributed by atoms with Crippen LogP contribution >= 0.6 is 11.3 Å². The van der Waals surface area contributed by atoms with Gasteiger partial charge in [-0.05, 0) is 31.5 Å². The van der Waals surface area contributed by atoms with Gasteiger partial charge in [0.2, 0.25) is 11.8 Å². The topological polar surface area (TPSA) is 75.4 Å². The van der Waals surface area contributed by atoms with Gasteiger partial charge in [0.05, 0.1) is 24.4 Å². The van der Waals surface area contributed by atoms with Crippen molar-refractivity contribution in [3.63, 3.8) is 0 Å². The number of aromatic nitrogens is 1. The standard InChI is InChI=1S/C21H21N3O3S/c1-13-5-6-17(14(2)8-13)18-12-28-21(22-18)23-20(26)15-9-19(25)24(10-15)11-16-4-3-7-27-16/h3-8,12,15H,9-11H2,1-2H3,(H,22,23,26). The number of hydrogen-bond acceptors (Lipinski definition) is 5. The van der Waals surface area contributed by atoms with Crippen LogP contribution in [0.2, 0.25) is 0 Å². The third-order valence-electron chi connectivity index (χ3n) is 4.90. The summed E-state index contributed by atoms with van der Waals surface area (Å²) in [5, 5.41) is 5.36. The lowest BCUT2D eigenvalue weighted by Crippen LogP contribution is -2.27. The summed E-state index contributed by atoms with van der Waals surface area (Å²) in [4.78, 5) is 31.0. The third-order valence-corrected chi connectivity index (χ3v) is 5.66. The zero-order chi connectivity index (χ0) is 19.7. The fourth-order valence-electron chi connectivity index (χ4n) is 3.45. The Morgan fingerprint density at radius 2 is 2.21 bits per heavy atom. The first-order valence-electron chi connectivity index (χ1n) is 9.14. The minimum Gasteiger partial charge on any atom is -0.467 e. The number of furan rings is 1. The molecule has 1 saturated heterocycles. The molecule has 144 valence electrons. The van der Waals surface area contributed by atoms with Gasteiger partial charge in [0.15, 0.2) is 5.13 Å². The molecule has 1 fully saturated rings. The molecule has 1 unspecified atom stereocenters. The Balaban J connectivity index is 1.40. The zero-order valence-corrected chi connectivity index (χ0v) is 16.6. The third kappa shape index (κ3) is 3.84. The fraction of sp³-hybridized carbons (Fsp3) is 0.286. The van der Waals surface area contributed by atoms with Crippen molar-refractivity contribution in [2.24, 2.45) is 5.92 Å². The number of carbonyl (C=O) groups is 2. The molecule has 0 aliphatic carbocycles. The Morgan fingerprint density at radius 3 is 2.96 bits per heavy atom. The molecule has 0 radical (unpaired) electrons. The SMILES string of the molecule is Cc1ccc(-c2csc(NC(=O)C3CC(=O)N(Cc4ccco4)C3)n2)c(C)c1. The van der Waals surface area contributed by atoms with Crippen LogP contribution in [0.3, 0.4) is 0 Å². The van der Waals surface area contributed by atoms with E-state index >= 15 is 0 Å². The van der Waals surface area contributed by atoms with Gasteiger partial charge in [-0.2, -0.15) is 0 Å². The van der Waals surface area contributed by atoms with Crippen molar-refractivity contribution < 1.29 is 14.0 Å². The molecule has 1 aliphatic heterocycles. The van der Waals surface area contributed by atoms with Crippen molar-refractivity contribution in [3.8, 4) is 11.3 Å². The summed E-state index contributed by atoms with van der Waals surface area (Å²) < 4.78 is 5.29. The molecule has 3 heterocycles. The molecule has 0 spiro atoms. The largest absolute Gasteiger partial charge is 0.467 e. The molecular formula is C21H21N3O3S. The van der Waals surface area contributed by atoms with E-state index in [-0.39, 0.29) is 24.2 Å². The predicted molar refractivity (Wildman–Crippen MR) is 108 cm³/mol. The van der Waals surface area contributed by atoms with Crippen LogP contribution in [-0.2, 0) is 16.1 Å². The van der Waals surface area contributed by atoms with Crippen molar-refractivity contribution in [1.82, 2.24) is 9.88 Å². The van der Waals surface area contributed by atoms with Gasteiger partial charge in [-0.15, -0.1) is 11.3 Å². The molecule has 6 nitrogen and oxygen atoms in total. The number of rotatable bonds is 5. The van der Waals surface area contributed by atoms with Crippen LogP contribution in [0.1, 0.15) is 23.3 Å². The van der Waals surface area contributed by atoms with E-state index in [1.54, 1.807) is 17.2 Å². The highest BCUT2D eigenvalue weighted by atomic mass is 32.1. The summed E-state index contributed by atoms with van der Waals surface area (Å²) in [6.07, 6.45) is 1.79. The molecule has 4 rings (SSSR count). The Hall–Kier alpha value is -2.93. The molecule has 1 N–H and O–H groups in total. The number of aryl methyl sites for hydroxylation is 2. The molecular weight excluding hydrogens is 374 g/mol. The molecule has 2 amide bonds. The van der Waals surface area contributed by atoms with Crippen LogP contribution in [-0.4, -0.2) is 28.2 Å². The van der Waals surface area contributed by atoms with Gasteiger partial charge >= 0.3 is 0 Å². The Morgan fingerprint density at radius 1 is 1.36 bits per heavy atom. The highest BCUT2D eigenvalue weighted by molar-refractivity contribution is 7.14. The number of amides is 2. The summed E-state index contributed by atoms with van der Waals surface area (Å²) in [5.41, 5.74) is 4.26. The van der Waals surface area contributed by atoms with Crippen molar-refractivity contribution in [3.05, 3.63) is 58.9 Å². The minimum atomic E-state index is -0.379. The first kappa shape index (κ1) is 18.4. The number of nitrogens with zero attached hydrogens (tertiary/aromatic N) is 2. The second kappa shape index (κ2) is 7.59. The maximum Gasteiger partial charge on any atom is 0.231 e. The summed E-state index contributed by atoms with van der Waals surface area (Å²) in [7, 11) is 0. The molecule has 0 saturated carbocycles. The van der Waals surface area contributed by atoms with Gasteiger partial charge in [-0.3, -0.25) is 9.59 Å². The number of carbonyl (C=O) groups excluding carboxylic acids is 2. The molecule has 1 atom stereocenters. The zero-order valence-electron chi connectivity index (χ0n) is 15.8. The highest BCUT2D eigenvalue weighted by Crippen LogP contribution is 2.29. The van der Waals surface area contributed by atoms with E-state index in [1.807, 2.05) is 17.5 Å². The van der Waals surface area contributed by atoms with E-state index in [1.165, 1.54) is 16.9 Å². The summed E-state index contributed by atoms with van der Waals surface area (Å²) in [6, 6.07) is 9.83. The van der Waals surface area contributed by atoms with Crippen LogP contribution in [0.15, 0.2) is 46.4 Å². The number of likely N-dealkylation sites (tertiary alicyclic amines) is 1. The summed E-state index contributed by atoms with van der Waals surface area (Å²) >= 11 is 1.39. The molecule has 2 aromatic heterocycles. The normalized spacial score (nSPS) is 16.6. The fourth-order valence-corrected chi connectivity index (χ4v) is 4.17. The number of nitrogens with one attached hydrogen (secondary N) is 1. The molecule has 3 aromatic rings. The lowest BCUT2D eigenvalue weighted by atomic mass is 10.0. The van der Waals surface area contributed by atoms with Gasteiger partial charge < -0.3 is 14.6 Å². The van der Waals surface area contributed by atoms with Gasteiger partial charge in [0.1, 0.15) is 5.76 Å². The van der Waals surface area contributed by atoms with Crippen molar-refractivity contribution >= 4 is 28.3 Å². The number of anilines is 1.